The first kappa shape index (κ1) is 23.8. The summed E-state index contributed by atoms with van der Waals surface area (Å²) in [5.74, 6) is 7.92. The van der Waals surface area contributed by atoms with E-state index in [9.17, 15) is 0 Å². The van der Waals surface area contributed by atoms with Gasteiger partial charge in [0.15, 0.2) is 0 Å². The van der Waals surface area contributed by atoms with E-state index in [0.29, 0.717) is 0 Å². The Morgan fingerprint density at radius 3 is 2.19 bits per heavy atom. The van der Waals surface area contributed by atoms with Crippen LogP contribution in [0.15, 0.2) is 0 Å². The van der Waals surface area contributed by atoms with Gasteiger partial charge in [-0.3, -0.25) is 0 Å². The van der Waals surface area contributed by atoms with Gasteiger partial charge in [-0.15, -0.1) is 5.92 Å². The van der Waals surface area contributed by atoms with E-state index in [1.807, 2.05) is 0 Å². The highest BCUT2D eigenvalue weighted by Gasteiger charge is 2.22. The second-order valence-electron chi connectivity index (χ2n) is 10.1. The van der Waals surface area contributed by atoms with E-state index in [4.69, 9.17) is 5.73 Å². The number of nitrogens with two attached hydrogens (primary N) is 1. The average Bonchev–Trinajstić information content (AvgIpc) is 2.60. The Hall–Kier alpha value is -0.263. The third-order valence-corrected chi connectivity index (χ3v) is 7.86. The summed E-state index contributed by atoms with van der Waals surface area (Å²) in [6.07, 6.45) is 19.6. The van der Waals surface area contributed by atoms with Crippen molar-refractivity contribution < 1.29 is 0 Å². The maximum atomic E-state index is 6.79. The Kier molecular flexibility index (Phi) is 11.9. The van der Waals surface area contributed by atoms with Crippen molar-refractivity contribution in [3.05, 3.63) is 0 Å². The molecule has 1 fully saturated rings. The van der Waals surface area contributed by atoms with Crippen LogP contribution in [-0.4, -0.2) is 13.6 Å². The molecule has 0 amide bonds. The quantitative estimate of drug-likeness (QED) is 0.212. The van der Waals surface area contributed by atoms with E-state index >= 15 is 0 Å². The Bertz CT molecular complexity index is 408. The van der Waals surface area contributed by atoms with Gasteiger partial charge in [-0.05, 0) is 25.2 Å². The lowest BCUT2D eigenvalue weighted by molar-refractivity contribution is 0.322. The second-order valence-corrected chi connectivity index (χ2v) is 15.7. The molecule has 1 saturated carbocycles. The highest BCUT2D eigenvalue weighted by molar-refractivity contribution is 6.76. The molecule has 1 unspecified atom stereocenters. The number of hydrogen-bond donors (Lipinski definition) is 1. The van der Waals surface area contributed by atoms with Gasteiger partial charge in [0.1, 0.15) is 0 Å². The Morgan fingerprint density at radius 1 is 0.923 bits per heavy atom. The molecule has 2 heteroatoms. The summed E-state index contributed by atoms with van der Waals surface area (Å²) < 4.78 is 0. The predicted octanol–water partition coefficient (Wildman–Crippen LogP) is 7.53. The van der Waals surface area contributed by atoms with E-state index < -0.39 is 8.07 Å². The zero-order valence-corrected chi connectivity index (χ0v) is 19.5. The molecule has 0 aromatic rings. The van der Waals surface area contributed by atoms with Crippen molar-refractivity contribution in [2.75, 3.05) is 0 Å². The van der Waals surface area contributed by atoms with Crippen LogP contribution in [0, 0.1) is 17.8 Å². The highest BCUT2D eigenvalue weighted by Crippen LogP contribution is 2.29. The molecule has 0 spiro atoms. The van der Waals surface area contributed by atoms with Gasteiger partial charge in [0.25, 0.3) is 0 Å². The van der Waals surface area contributed by atoms with Gasteiger partial charge in [-0.25, -0.2) is 0 Å². The lowest BCUT2D eigenvalue weighted by Crippen LogP contribution is -2.38. The minimum absolute atomic E-state index is 0.222. The maximum Gasteiger partial charge on any atom is 0.0776 e. The molecule has 26 heavy (non-hydrogen) atoms. The summed E-state index contributed by atoms with van der Waals surface area (Å²) in [5.41, 5.74) is 6.56. The first-order valence-electron chi connectivity index (χ1n) is 11.6. The van der Waals surface area contributed by atoms with Crippen molar-refractivity contribution in [1.82, 2.24) is 0 Å². The lowest BCUT2D eigenvalue weighted by Gasteiger charge is -2.26. The topological polar surface area (TPSA) is 26.0 Å². The normalized spacial score (nSPS) is 18.2. The molecule has 0 aliphatic heterocycles. The summed E-state index contributed by atoms with van der Waals surface area (Å²) in [4.78, 5) is 0. The van der Waals surface area contributed by atoms with Gasteiger partial charge in [0.2, 0.25) is 0 Å². The third-order valence-electron chi connectivity index (χ3n) is 6.00. The Balaban J connectivity index is 2.38. The van der Waals surface area contributed by atoms with Crippen LogP contribution in [0.3, 0.4) is 0 Å². The molecule has 1 aliphatic rings. The van der Waals surface area contributed by atoms with Gasteiger partial charge >= 0.3 is 0 Å². The smallest absolute Gasteiger partial charge is 0.0776 e. The van der Waals surface area contributed by atoms with E-state index in [-0.39, 0.29) is 5.54 Å². The molecule has 2 N–H and O–H groups in total. The molecule has 0 saturated heterocycles. The molecule has 1 rings (SSSR count). The summed E-state index contributed by atoms with van der Waals surface area (Å²) in [6.45, 7) is 9.65. The predicted molar refractivity (Wildman–Crippen MR) is 121 cm³/mol. The molecule has 0 aromatic carbocycles. The molecule has 152 valence electrons. The van der Waals surface area contributed by atoms with E-state index in [1.165, 1.54) is 83.1 Å². The molecule has 0 bridgehead atoms. The van der Waals surface area contributed by atoms with Crippen LogP contribution in [0.25, 0.3) is 0 Å². The van der Waals surface area contributed by atoms with Crippen molar-refractivity contribution in [2.45, 2.75) is 134 Å². The van der Waals surface area contributed by atoms with E-state index in [1.54, 1.807) is 0 Å². The number of unbranched alkanes of at least 4 members (excludes halogenated alkanes) is 4. The van der Waals surface area contributed by atoms with Crippen LogP contribution in [0.4, 0.5) is 0 Å². The fraction of sp³-hybridized carbons (Fsp3) is 0.917. The standard InChI is InChI=1S/C24H47NSi/c1-5-6-7-12-19-24(25,21-14-15-22-26(2,3)4)20-13-11-18-23-16-9-8-10-17-23/h23H,5-11,13-18,20-22,25H2,1-4H3. The number of hydrogen-bond acceptors (Lipinski definition) is 1. The molecule has 0 aromatic heterocycles. The van der Waals surface area contributed by atoms with Gasteiger partial charge < -0.3 is 5.73 Å². The molecule has 1 nitrogen and oxygen atoms in total. The SMILES string of the molecule is CCCCC#CC(N)(CCCCC1CCCCC1)CCCC[Si](C)(C)C. The van der Waals surface area contributed by atoms with Crippen LogP contribution in [0.5, 0.6) is 0 Å². The summed E-state index contributed by atoms with van der Waals surface area (Å²) in [5, 5.41) is 0. The van der Waals surface area contributed by atoms with Crippen molar-refractivity contribution >= 4 is 8.07 Å². The third kappa shape index (κ3) is 12.2. The molecule has 0 heterocycles. The Morgan fingerprint density at radius 2 is 1.58 bits per heavy atom. The van der Waals surface area contributed by atoms with Crippen LogP contribution < -0.4 is 5.73 Å². The summed E-state index contributed by atoms with van der Waals surface area (Å²) >= 11 is 0. The van der Waals surface area contributed by atoms with Gasteiger partial charge in [0.05, 0.1) is 5.54 Å². The van der Waals surface area contributed by atoms with Gasteiger partial charge in [-0.1, -0.05) is 109 Å². The van der Waals surface area contributed by atoms with Crippen molar-refractivity contribution in [1.29, 1.82) is 0 Å². The largest absolute Gasteiger partial charge is 0.315 e. The van der Waals surface area contributed by atoms with E-state index in [0.717, 1.165) is 25.2 Å². The average molecular weight is 378 g/mol. The monoisotopic (exact) mass is 377 g/mol. The zero-order chi connectivity index (χ0) is 19.3. The van der Waals surface area contributed by atoms with Gasteiger partial charge in [-0.2, -0.15) is 0 Å². The minimum atomic E-state index is -0.917. The van der Waals surface area contributed by atoms with Crippen LogP contribution in [-0.2, 0) is 0 Å². The van der Waals surface area contributed by atoms with Crippen LogP contribution in [0.1, 0.15) is 103 Å². The maximum absolute atomic E-state index is 6.79. The molecular weight excluding hydrogens is 330 g/mol. The first-order valence-corrected chi connectivity index (χ1v) is 15.3. The zero-order valence-electron chi connectivity index (χ0n) is 18.5. The first-order chi connectivity index (χ1) is 12.3. The second kappa shape index (κ2) is 13.0. The van der Waals surface area contributed by atoms with Crippen molar-refractivity contribution in [3.63, 3.8) is 0 Å². The number of rotatable bonds is 12. The van der Waals surface area contributed by atoms with Crippen LogP contribution in [0.2, 0.25) is 25.7 Å². The van der Waals surface area contributed by atoms with E-state index in [2.05, 4.69) is 38.4 Å². The Labute approximate surface area is 166 Å². The van der Waals surface area contributed by atoms with Crippen molar-refractivity contribution in [2.24, 2.45) is 11.7 Å². The summed E-state index contributed by atoms with van der Waals surface area (Å²) in [7, 11) is -0.917. The van der Waals surface area contributed by atoms with Crippen LogP contribution >= 0.6 is 0 Å². The molecule has 0 radical (unpaired) electrons. The van der Waals surface area contributed by atoms with Gasteiger partial charge in [0, 0.05) is 14.5 Å². The molecule has 1 atom stereocenters. The fourth-order valence-corrected chi connectivity index (χ4v) is 5.51. The fourth-order valence-electron chi connectivity index (χ4n) is 4.20. The molecular formula is C24H47NSi. The summed E-state index contributed by atoms with van der Waals surface area (Å²) in [6, 6.07) is 1.42. The molecule has 1 aliphatic carbocycles. The van der Waals surface area contributed by atoms with Crippen molar-refractivity contribution in [3.8, 4) is 11.8 Å². The lowest BCUT2D eigenvalue weighted by atomic mass is 9.84. The highest BCUT2D eigenvalue weighted by atomic mass is 28.3. The minimum Gasteiger partial charge on any atom is -0.315 e.